The number of carbonyl (C=O) groups is 1. The number of amides is 1. The molecule has 0 aliphatic heterocycles. The Bertz CT molecular complexity index is 752. The van der Waals surface area contributed by atoms with Gasteiger partial charge in [-0.05, 0) is 6.07 Å². The summed E-state index contributed by atoms with van der Waals surface area (Å²) in [5, 5.41) is 0.796. The monoisotopic (exact) mass is 313 g/mol. The van der Waals surface area contributed by atoms with Crippen LogP contribution in [-0.2, 0) is 9.84 Å². The van der Waals surface area contributed by atoms with Crippen molar-refractivity contribution in [3.63, 3.8) is 0 Å². The summed E-state index contributed by atoms with van der Waals surface area (Å²) in [6, 6.07) is 1.76. The van der Waals surface area contributed by atoms with Gasteiger partial charge in [-0.1, -0.05) is 0 Å². The van der Waals surface area contributed by atoms with Gasteiger partial charge < -0.3 is 10.6 Å². The number of fused-ring (bicyclic) bond motifs is 1. The van der Waals surface area contributed by atoms with Gasteiger partial charge in [0.15, 0.2) is 0 Å². The van der Waals surface area contributed by atoms with Crippen LogP contribution in [0, 0.1) is 0 Å². The molecular weight excluding hydrogens is 298 g/mol. The van der Waals surface area contributed by atoms with E-state index >= 15 is 0 Å². The molecule has 1 amide bonds. The zero-order valence-corrected chi connectivity index (χ0v) is 12.8. The molecule has 2 aromatic heterocycles. The molecule has 0 fully saturated rings. The molecule has 0 radical (unpaired) electrons. The lowest BCUT2D eigenvalue weighted by atomic mass is 10.2. The Hall–Kier alpha value is -1.67. The first-order chi connectivity index (χ1) is 9.29. The number of nitrogen functional groups attached to an aromatic ring is 1. The average molecular weight is 313 g/mol. The van der Waals surface area contributed by atoms with E-state index in [-0.39, 0.29) is 18.2 Å². The predicted octanol–water partition coefficient (Wildman–Crippen LogP) is 0.995. The van der Waals surface area contributed by atoms with E-state index < -0.39 is 9.84 Å². The van der Waals surface area contributed by atoms with E-state index in [1.54, 1.807) is 25.5 Å². The molecule has 0 saturated heterocycles. The number of carbonyl (C=O) groups excluding carboxylic acids is 1. The third kappa shape index (κ3) is 3.07. The number of rotatable bonds is 4. The molecule has 8 heteroatoms. The Kier molecular flexibility index (Phi) is 3.96. The number of nitrogens with two attached hydrogens (primary N) is 1. The quantitative estimate of drug-likeness (QED) is 0.908. The van der Waals surface area contributed by atoms with Crippen molar-refractivity contribution in [1.82, 2.24) is 9.88 Å². The molecule has 0 aliphatic rings. The van der Waals surface area contributed by atoms with Crippen molar-refractivity contribution in [2.45, 2.75) is 0 Å². The first kappa shape index (κ1) is 14.7. The Balaban J connectivity index is 2.25. The molecule has 2 rings (SSSR count). The number of aromatic nitrogens is 1. The SMILES string of the molecule is CN(CCS(C)(=O)=O)C(=O)c1sc2cnccc2c1N. The summed E-state index contributed by atoms with van der Waals surface area (Å²) in [5.41, 5.74) is 6.40. The lowest BCUT2D eigenvalue weighted by molar-refractivity contribution is 0.0809. The standard InChI is InChI=1S/C12H15N3O3S2/c1-15(5-6-20(2,17)18)12(16)11-10(13)8-3-4-14-7-9(8)19-11/h3-4,7H,5-6,13H2,1-2H3. The molecule has 0 aromatic carbocycles. The van der Waals surface area contributed by atoms with Gasteiger partial charge in [0.25, 0.3) is 5.91 Å². The fraction of sp³-hybridized carbons (Fsp3) is 0.333. The van der Waals surface area contributed by atoms with Crippen molar-refractivity contribution in [1.29, 1.82) is 0 Å². The van der Waals surface area contributed by atoms with Crippen LogP contribution in [0.15, 0.2) is 18.5 Å². The number of hydrogen-bond acceptors (Lipinski definition) is 6. The third-order valence-corrected chi connectivity index (χ3v) is 4.94. The second-order valence-corrected chi connectivity index (χ2v) is 7.89. The maximum absolute atomic E-state index is 12.3. The molecule has 0 unspecified atom stereocenters. The van der Waals surface area contributed by atoms with Crippen molar-refractivity contribution in [3.8, 4) is 0 Å². The fourth-order valence-corrected chi connectivity index (χ4v) is 3.40. The molecule has 0 atom stereocenters. The van der Waals surface area contributed by atoms with Gasteiger partial charge in [-0.3, -0.25) is 9.78 Å². The van der Waals surface area contributed by atoms with E-state index in [4.69, 9.17) is 5.73 Å². The van der Waals surface area contributed by atoms with E-state index in [0.717, 1.165) is 16.3 Å². The second-order valence-electron chi connectivity index (χ2n) is 4.57. The predicted molar refractivity (Wildman–Crippen MR) is 80.7 cm³/mol. The molecule has 6 nitrogen and oxygen atoms in total. The van der Waals surface area contributed by atoms with Gasteiger partial charge in [-0.2, -0.15) is 0 Å². The highest BCUT2D eigenvalue weighted by atomic mass is 32.2. The van der Waals surface area contributed by atoms with Crippen molar-refractivity contribution < 1.29 is 13.2 Å². The Morgan fingerprint density at radius 3 is 2.80 bits per heavy atom. The zero-order chi connectivity index (χ0) is 14.9. The van der Waals surface area contributed by atoms with E-state index in [9.17, 15) is 13.2 Å². The van der Waals surface area contributed by atoms with Crippen molar-refractivity contribution >= 4 is 42.9 Å². The van der Waals surface area contributed by atoms with Crippen LogP contribution in [0.1, 0.15) is 9.67 Å². The summed E-state index contributed by atoms with van der Waals surface area (Å²) in [4.78, 5) is 18.1. The van der Waals surface area contributed by atoms with Gasteiger partial charge in [-0.15, -0.1) is 11.3 Å². The minimum atomic E-state index is -3.10. The van der Waals surface area contributed by atoms with E-state index in [1.807, 2.05) is 0 Å². The normalized spacial score (nSPS) is 11.7. The van der Waals surface area contributed by atoms with Crippen molar-refractivity contribution in [2.75, 3.05) is 31.3 Å². The van der Waals surface area contributed by atoms with Crippen LogP contribution in [0.25, 0.3) is 10.1 Å². The van der Waals surface area contributed by atoms with E-state index in [1.165, 1.54) is 16.2 Å². The van der Waals surface area contributed by atoms with Gasteiger partial charge in [0, 0.05) is 37.6 Å². The van der Waals surface area contributed by atoms with Gasteiger partial charge in [0.05, 0.1) is 16.1 Å². The summed E-state index contributed by atoms with van der Waals surface area (Å²) in [5.74, 6) is -0.339. The number of sulfone groups is 1. The highest BCUT2D eigenvalue weighted by molar-refractivity contribution is 7.90. The largest absolute Gasteiger partial charge is 0.397 e. The molecule has 2 heterocycles. The van der Waals surface area contributed by atoms with Crippen LogP contribution in [-0.4, -0.2) is 49.8 Å². The van der Waals surface area contributed by atoms with Crippen LogP contribution in [0.3, 0.4) is 0 Å². The highest BCUT2D eigenvalue weighted by Gasteiger charge is 2.20. The van der Waals surface area contributed by atoms with Gasteiger partial charge >= 0.3 is 0 Å². The first-order valence-corrected chi connectivity index (χ1v) is 8.72. The van der Waals surface area contributed by atoms with Gasteiger partial charge in [0.2, 0.25) is 0 Å². The topological polar surface area (TPSA) is 93.4 Å². The maximum Gasteiger partial charge on any atom is 0.265 e. The zero-order valence-electron chi connectivity index (χ0n) is 11.2. The van der Waals surface area contributed by atoms with Gasteiger partial charge in [-0.25, -0.2) is 8.42 Å². The van der Waals surface area contributed by atoms with Crippen LogP contribution in [0.5, 0.6) is 0 Å². The molecule has 0 aliphatic carbocycles. The van der Waals surface area contributed by atoms with Crippen LogP contribution in [0.4, 0.5) is 5.69 Å². The molecule has 20 heavy (non-hydrogen) atoms. The lowest BCUT2D eigenvalue weighted by Gasteiger charge is -2.15. The molecule has 0 bridgehead atoms. The first-order valence-electron chi connectivity index (χ1n) is 5.85. The third-order valence-electron chi connectivity index (χ3n) is 2.87. The number of thiophene rings is 1. The summed E-state index contributed by atoms with van der Waals surface area (Å²) in [7, 11) is -1.54. The average Bonchev–Trinajstić information content (AvgIpc) is 2.72. The summed E-state index contributed by atoms with van der Waals surface area (Å²) >= 11 is 1.27. The van der Waals surface area contributed by atoms with Crippen molar-refractivity contribution in [2.24, 2.45) is 0 Å². The minimum absolute atomic E-state index is 0.0679. The van der Waals surface area contributed by atoms with E-state index in [2.05, 4.69) is 4.98 Å². The maximum atomic E-state index is 12.3. The van der Waals surface area contributed by atoms with E-state index in [0.29, 0.717) is 10.6 Å². The van der Waals surface area contributed by atoms with Crippen LogP contribution in [0.2, 0.25) is 0 Å². The Labute approximate surface area is 121 Å². The number of nitrogens with zero attached hydrogens (tertiary/aromatic N) is 2. The highest BCUT2D eigenvalue weighted by Crippen LogP contribution is 2.33. The Morgan fingerprint density at radius 1 is 1.50 bits per heavy atom. The van der Waals surface area contributed by atoms with Crippen molar-refractivity contribution in [3.05, 3.63) is 23.3 Å². The van der Waals surface area contributed by atoms with Crippen LogP contribution >= 0.6 is 11.3 Å². The fourth-order valence-electron chi connectivity index (χ4n) is 1.71. The number of pyridine rings is 1. The summed E-state index contributed by atoms with van der Waals surface area (Å²) < 4.78 is 23.1. The molecular formula is C12H15N3O3S2. The second kappa shape index (κ2) is 5.37. The van der Waals surface area contributed by atoms with Crippen LogP contribution < -0.4 is 5.73 Å². The minimum Gasteiger partial charge on any atom is -0.397 e. The summed E-state index contributed by atoms with van der Waals surface area (Å²) in [6.45, 7) is 0.142. The molecule has 0 spiro atoms. The lowest BCUT2D eigenvalue weighted by Crippen LogP contribution is -2.31. The number of hydrogen-bond donors (Lipinski definition) is 1. The molecule has 2 N–H and O–H groups in total. The van der Waals surface area contributed by atoms with Gasteiger partial charge in [0.1, 0.15) is 14.7 Å². The molecule has 2 aromatic rings. The summed E-state index contributed by atoms with van der Waals surface area (Å²) in [6.07, 6.45) is 4.42. The molecule has 0 saturated carbocycles. The number of anilines is 1. The molecule has 108 valence electrons. The Morgan fingerprint density at radius 2 is 2.20 bits per heavy atom. The smallest absolute Gasteiger partial charge is 0.265 e.